The molecular formula is C21H21ClN2O4. The van der Waals surface area contributed by atoms with Crippen LogP contribution in [0.1, 0.15) is 12.3 Å². The van der Waals surface area contributed by atoms with Crippen LogP contribution in [0.15, 0.2) is 59.1 Å². The number of benzene rings is 2. The lowest BCUT2D eigenvalue weighted by Crippen LogP contribution is -2.12. The van der Waals surface area contributed by atoms with E-state index in [-0.39, 0.29) is 12.3 Å². The topological polar surface area (TPSA) is 73.6 Å². The first-order valence-electron chi connectivity index (χ1n) is 8.86. The van der Waals surface area contributed by atoms with Gasteiger partial charge in [-0.15, -0.1) is 0 Å². The fraction of sp³-hybridized carbons (Fsp3) is 0.238. The van der Waals surface area contributed by atoms with Gasteiger partial charge in [-0.1, -0.05) is 11.6 Å². The van der Waals surface area contributed by atoms with Gasteiger partial charge in [-0.3, -0.25) is 4.79 Å². The number of halogens is 1. The molecule has 146 valence electrons. The molecule has 1 amide bonds. The number of hydrogen-bond acceptors (Lipinski definition) is 5. The van der Waals surface area contributed by atoms with Crippen LogP contribution >= 0.6 is 11.6 Å². The molecule has 0 aliphatic rings. The molecule has 0 fully saturated rings. The van der Waals surface area contributed by atoms with E-state index in [9.17, 15) is 4.79 Å². The van der Waals surface area contributed by atoms with E-state index in [1.165, 1.54) is 0 Å². The summed E-state index contributed by atoms with van der Waals surface area (Å²) in [4.78, 5) is 16.4. The molecule has 0 bridgehead atoms. The monoisotopic (exact) mass is 400 g/mol. The summed E-state index contributed by atoms with van der Waals surface area (Å²) in [5.74, 6) is 1.78. The van der Waals surface area contributed by atoms with Gasteiger partial charge in [0.05, 0.1) is 12.8 Å². The number of hydrogen-bond donors (Lipinski definition) is 1. The van der Waals surface area contributed by atoms with Gasteiger partial charge in [0.1, 0.15) is 12.4 Å². The van der Waals surface area contributed by atoms with Gasteiger partial charge in [-0.05, 0) is 48.5 Å². The van der Waals surface area contributed by atoms with Gasteiger partial charge in [0.2, 0.25) is 5.91 Å². The van der Waals surface area contributed by atoms with Gasteiger partial charge in [-0.2, -0.15) is 0 Å². The van der Waals surface area contributed by atoms with Crippen molar-refractivity contribution in [3.05, 3.63) is 65.6 Å². The average molecular weight is 401 g/mol. The Kier molecular flexibility index (Phi) is 7.06. The second-order valence-corrected chi connectivity index (χ2v) is 6.48. The van der Waals surface area contributed by atoms with Crippen molar-refractivity contribution in [3.63, 3.8) is 0 Å². The second kappa shape index (κ2) is 9.92. The Bertz CT molecular complexity index is 892. The predicted molar refractivity (Wildman–Crippen MR) is 108 cm³/mol. The lowest BCUT2D eigenvalue weighted by molar-refractivity contribution is -0.116. The van der Waals surface area contributed by atoms with E-state index in [2.05, 4.69) is 10.3 Å². The van der Waals surface area contributed by atoms with Crippen molar-refractivity contribution in [1.29, 1.82) is 0 Å². The van der Waals surface area contributed by atoms with Crippen LogP contribution in [0.3, 0.4) is 0 Å². The lowest BCUT2D eigenvalue weighted by atomic mass is 10.2. The smallest absolute Gasteiger partial charge is 0.224 e. The molecule has 1 aromatic heterocycles. The van der Waals surface area contributed by atoms with E-state index in [4.69, 9.17) is 25.5 Å². The maximum Gasteiger partial charge on any atom is 0.224 e. The Balaban J connectivity index is 1.47. The largest absolute Gasteiger partial charge is 0.491 e. The van der Waals surface area contributed by atoms with Crippen molar-refractivity contribution in [2.45, 2.75) is 12.8 Å². The molecule has 0 atom stereocenters. The first-order chi connectivity index (χ1) is 13.6. The Morgan fingerprint density at radius 1 is 1.11 bits per heavy atom. The third-order valence-corrected chi connectivity index (χ3v) is 4.19. The van der Waals surface area contributed by atoms with E-state index in [0.717, 1.165) is 11.3 Å². The minimum absolute atomic E-state index is 0.112. The van der Waals surface area contributed by atoms with Crippen molar-refractivity contribution < 1.29 is 18.7 Å². The first-order valence-corrected chi connectivity index (χ1v) is 9.24. The molecule has 28 heavy (non-hydrogen) atoms. The summed E-state index contributed by atoms with van der Waals surface area (Å²) in [6, 6.07) is 14.5. The number of rotatable bonds is 9. The number of aromatic nitrogens is 1. The number of carbonyl (C=O) groups is 1. The van der Waals surface area contributed by atoms with Gasteiger partial charge in [0, 0.05) is 36.2 Å². The molecule has 0 saturated heterocycles. The summed E-state index contributed by atoms with van der Waals surface area (Å²) in [5.41, 5.74) is 1.60. The van der Waals surface area contributed by atoms with Gasteiger partial charge in [0.15, 0.2) is 11.7 Å². The third-order valence-electron chi connectivity index (χ3n) is 3.94. The summed E-state index contributed by atoms with van der Waals surface area (Å²) in [6.45, 7) is 1.01. The normalized spacial score (nSPS) is 10.6. The van der Waals surface area contributed by atoms with Gasteiger partial charge in [0.25, 0.3) is 0 Å². The number of amides is 1. The van der Waals surface area contributed by atoms with Crippen molar-refractivity contribution in [2.75, 3.05) is 25.6 Å². The minimum Gasteiger partial charge on any atom is -0.491 e. The molecule has 0 aliphatic heterocycles. The molecule has 7 heteroatoms. The molecule has 0 unspecified atom stereocenters. The van der Waals surface area contributed by atoms with E-state index in [1.54, 1.807) is 49.7 Å². The molecule has 3 rings (SSSR count). The SMILES string of the molecule is COCCOc1ccc(NC(=O)CCc2ncc(-c3ccc(Cl)cc3)o2)cc1. The lowest BCUT2D eigenvalue weighted by Gasteiger charge is -2.07. The zero-order valence-electron chi connectivity index (χ0n) is 15.5. The molecule has 1 N–H and O–H groups in total. The van der Waals surface area contributed by atoms with Crippen LogP contribution in [0.4, 0.5) is 5.69 Å². The molecule has 3 aromatic rings. The molecule has 2 aromatic carbocycles. The first kappa shape index (κ1) is 19.9. The van der Waals surface area contributed by atoms with Gasteiger partial charge >= 0.3 is 0 Å². The Morgan fingerprint density at radius 2 is 1.86 bits per heavy atom. The number of nitrogens with zero attached hydrogens (tertiary/aromatic N) is 1. The van der Waals surface area contributed by atoms with E-state index < -0.39 is 0 Å². The van der Waals surface area contributed by atoms with Crippen LogP contribution < -0.4 is 10.1 Å². The summed E-state index contributed by atoms with van der Waals surface area (Å²) in [7, 11) is 1.62. The fourth-order valence-electron chi connectivity index (χ4n) is 2.49. The van der Waals surface area contributed by atoms with Crippen molar-refractivity contribution in [1.82, 2.24) is 4.98 Å². The Labute approximate surface area is 168 Å². The molecule has 6 nitrogen and oxygen atoms in total. The highest BCUT2D eigenvalue weighted by Crippen LogP contribution is 2.23. The molecule has 0 radical (unpaired) electrons. The summed E-state index contributed by atoms with van der Waals surface area (Å²) in [6.07, 6.45) is 2.34. The zero-order chi connectivity index (χ0) is 19.8. The Hall–Kier alpha value is -2.83. The minimum atomic E-state index is -0.112. The van der Waals surface area contributed by atoms with Crippen LogP contribution in [0, 0.1) is 0 Å². The number of carbonyl (C=O) groups excluding carboxylic acids is 1. The van der Waals surface area contributed by atoms with Gasteiger partial charge < -0.3 is 19.2 Å². The van der Waals surface area contributed by atoms with Crippen LogP contribution in [-0.4, -0.2) is 31.2 Å². The van der Waals surface area contributed by atoms with Crippen LogP contribution in [0.25, 0.3) is 11.3 Å². The highest BCUT2D eigenvalue weighted by Gasteiger charge is 2.09. The standard InChI is InChI=1S/C21H21ClN2O4/c1-26-12-13-27-18-8-6-17(7-9-18)24-20(25)10-11-21-23-14-19(28-21)15-2-4-16(22)5-3-15/h2-9,14H,10-13H2,1H3,(H,24,25). The maximum absolute atomic E-state index is 12.2. The van der Waals surface area contributed by atoms with Crippen molar-refractivity contribution in [2.24, 2.45) is 0 Å². The van der Waals surface area contributed by atoms with Crippen molar-refractivity contribution in [3.8, 4) is 17.1 Å². The van der Waals surface area contributed by atoms with Gasteiger partial charge in [-0.25, -0.2) is 4.98 Å². The third kappa shape index (κ3) is 5.84. The van der Waals surface area contributed by atoms with E-state index in [0.29, 0.717) is 42.0 Å². The molecular weight excluding hydrogens is 380 g/mol. The second-order valence-electron chi connectivity index (χ2n) is 6.04. The number of methoxy groups -OCH3 is 1. The maximum atomic E-state index is 12.2. The molecule has 0 spiro atoms. The number of nitrogens with one attached hydrogen (secondary N) is 1. The van der Waals surface area contributed by atoms with Crippen LogP contribution in [0.2, 0.25) is 5.02 Å². The zero-order valence-corrected chi connectivity index (χ0v) is 16.2. The number of ether oxygens (including phenoxy) is 2. The average Bonchev–Trinajstić information content (AvgIpc) is 3.18. The summed E-state index contributed by atoms with van der Waals surface area (Å²) >= 11 is 5.89. The number of oxazole rings is 1. The highest BCUT2D eigenvalue weighted by molar-refractivity contribution is 6.30. The molecule has 0 aliphatic carbocycles. The number of anilines is 1. The molecule has 0 saturated carbocycles. The van der Waals surface area contributed by atoms with E-state index in [1.807, 2.05) is 12.1 Å². The fourth-order valence-corrected chi connectivity index (χ4v) is 2.62. The van der Waals surface area contributed by atoms with E-state index >= 15 is 0 Å². The predicted octanol–water partition coefficient (Wildman–Crippen LogP) is 4.59. The Morgan fingerprint density at radius 3 is 2.57 bits per heavy atom. The number of aryl methyl sites for hydroxylation is 1. The highest BCUT2D eigenvalue weighted by atomic mass is 35.5. The van der Waals surface area contributed by atoms with Crippen LogP contribution in [-0.2, 0) is 16.0 Å². The van der Waals surface area contributed by atoms with Crippen LogP contribution in [0.5, 0.6) is 5.75 Å². The summed E-state index contributed by atoms with van der Waals surface area (Å²) < 4.78 is 16.1. The van der Waals surface area contributed by atoms with Crippen molar-refractivity contribution >= 4 is 23.2 Å². The summed E-state index contributed by atoms with van der Waals surface area (Å²) in [5, 5.41) is 3.51. The molecule has 1 heterocycles. The quantitative estimate of drug-likeness (QED) is 0.532.